The van der Waals surface area contributed by atoms with E-state index in [9.17, 15) is 9.59 Å². The van der Waals surface area contributed by atoms with Gasteiger partial charge in [0.25, 0.3) is 0 Å². The number of nitrogens with zero attached hydrogens (tertiary/aromatic N) is 3. The Labute approximate surface area is 213 Å². The van der Waals surface area contributed by atoms with Gasteiger partial charge in [0.2, 0.25) is 5.91 Å². The van der Waals surface area contributed by atoms with E-state index in [1.165, 1.54) is 11.8 Å². The van der Waals surface area contributed by atoms with Crippen molar-refractivity contribution in [1.82, 2.24) is 14.8 Å². The SMILES string of the molecule is C=CCn1c(SCC(=O)Nc2ccc(C(=O)OCC)cc2)nnc1C(C)Oc1cc(C)ccc1Cl. The van der Waals surface area contributed by atoms with Gasteiger partial charge in [0.05, 0.1) is 22.9 Å². The molecule has 1 N–H and O–H groups in total. The van der Waals surface area contributed by atoms with Gasteiger partial charge >= 0.3 is 5.97 Å². The molecule has 1 unspecified atom stereocenters. The quantitative estimate of drug-likeness (QED) is 0.206. The highest BCUT2D eigenvalue weighted by Gasteiger charge is 2.20. The molecule has 0 spiro atoms. The number of thioether (sulfide) groups is 1. The molecule has 8 nitrogen and oxygen atoms in total. The molecule has 1 aromatic heterocycles. The predicted molar refractivity (Wildman–Crippen MR) is 137 cm³/mol. The van der Waals surface area contributed by atoms with Gasteiger partial charge in [-0.05, 0) is 62.7 Å². The largest absolute Gasteiger partial charge is 0.481 e. The molecular weight excluding hydrogens is 488 g/mol. The van der Waals surface area contributed by atoms with Crippen molar-refractivity contribution in [3.05, 3.63) is 77.1 Å². The molecule has 0 radical (unpaired) electrons. The van der Waals surface area contributed by atoms with Crippen molar-refractivity contribution in [2.24, 2.45) is 0 Å². The first-order valence-corrected chi connectivity index (χ1v) is 12.3. The molecule has 184 valence electrons. The molecule has 2 aromatic carbocycles. The second-order valence-corrected chi connectivity index (χ2v) is 8.92. The van der Waals surface area contributed by atoms with Crippen LogP contribution in [0.2, 0.25) is 5.02 Å². The monoisotopic (exact) mass is 514 g/mol. The summed E-state index contributed by atoms with van der Waals surface area (Å²) in [6.07, 6.45) is 1.30. The van der Waals surface area contributed by atoms with E-state index in [4.69, 9.17) is 21.1 Å². The lowest BCUT2D eigenvalue weighted by Gasteiger charge is -2.17. The molecule has 0 aliphatic carbocycles. The number of esters is 1. The van der Waals surface area contributed by atoms with Gasteiger partial charge in [0, 0.05) is 12.2 Å². The Balaban J connectivity index is 1.64. The van der Waals surface area contributed by atoms with Crippen LogP contribution in [-0.2, 0) is 16.1 Å². The molecule has 10 heteroatoms. The molecule has 3 rings (SSSR count). The summed E-state index contributed by atoms with van der Waals surface area (Å²) in [6.45, 7) is 10.1. The predicted octanol–water partition coefficient (Wildman–Crippen LogP) is 5.47. The highest BCUT2D eigenvalue weighted by atomic mass is 35.5. The fourth-order valence-electron chi connectivity index (χ4n) is 3.18. The van der Waals surface area contributed by atoms with Crippen molar-refractivity contribution in [1.29, 1.82) is 0 Å². The van der Waals surface area contributed by atoms with Gasteiger partial charge < -0.3 is 14.8 Å². The number of halogens is 1. The molecule has 0 saturated carbocycles. The number of hydrogen-bond acceptors (Lipinski definition) is 7. The van der Waals surface area contributed by atoms with E-state index in [1.807, 2.05) is 30.5 Å². The van der Waals surface area contributed by atoms with Crippen molar-refractivity contribution in [3.63, 3.8) is 0 Å². The topological polar surface area (TPSA) is 95.3 Å². The summed E-state index contributed by atoms with van der Waals surface area (Å²) in [5.41, 5.74) is 2.03. The Morgan fingerprint density at radius 2 is 1.97 bits per heavy atom. The van der Waals surface area contributed by atoms with Crippen molar-refractivity contribution in [3.8, 4) is 5.75 Å². The number of allylic oxidation sites excluding steroid dienone is 1. The molecule has 0 bridgehead atoms. The van der Waals surface area contributed by atoms with Gasteiger partial charge in [-0.2, -0.15) is 0 Å². The first-order chi connectivity index (χ1) is 16.8. The average Bonchev–Trinajstić information content (AvgIpc) is 3.23. The molecule has 1 amide bonds. The number of ether oxygens (including phenoxy) is 2. The highest BCUT2D eigenvalue weighted by Crippen LogP contribution is 2.30. The molecule has 1 heterocycles. The molecule has 1 atom stereocenters. The van der Waals surface area contributed by atoms with Gasteiger partial charge in [-0.25, -0.2) is 4.79 Å². The Morgan fingerprint density at radius 1 is 1.23 bits per heavy atom. The normalized spacial score (nSPS) is 11.5. The molecule has 35 heavy (non-hydrogen) atoms. The molecule has 3 aromatic rings. The Kier molecular flexibility index (Phi) is 9.33. The molecule has 0 saturated heterocycles. The number of aromatic nitrogens is 3. The zero-order valence-electron chi connectivity index (χ0n) is 19.8. The summed E-state index contributed by atoms with van der Waals surface area (Å²) in [7, 11) is 0. The number of carbonyl (C=O) groups is 2. The zero-order valence-corrected chi connectivity index (χ0v) is 21.4. The van der Waals surface area contributed by atoms with Crippen molar-refractivity contribution >= 4 is 40.9 Å². The lowest BCUT2D eigenvalue weighted by atomic mass is 10.2. The Bertz CT molecular complexity index is 1200. The van der Waals surface area contributed by atoms with Crippen molar-refractivity contribution in [2.45, 2.75) is 38.6 Å². The van der Waals surface area contributed by atoms with E-state index in [0.29, 0.717) is 46.2 Å². The van der Waals surface area contributed by atoms with Crippen LogP contribution in [0.15, 0.2) is 60.3 Å². The second kappa shape index (κ2) is 12.4. The van der Waals surface area contributed by atoms with Crippen LogP contribution >= 0.6 is 23.4 Å². The summed E-state index contributed by atoms with van der Waals surface area (Å²) in [6, 6.07) is 12.1. The highest BCUT2D eigenvalue weighted by molar-refractivity contribution is 7.99. The summed E-state index contributed by atoms with van der Waals surface area (Å²) in [5, 5.41) is 12.4. The summed E-state index contributed by atoms with van der Waals surface area (Å²) >= 11 is 7.52. The molecule has 0 aliphatic rings. The van der Waals surface area contributed by atoms with Crippen molar-refractivity contribution in [2.75, 3.05) is 17.7 Å². The van der Waals surface area contributed by atoms with Gasteiger partial charge in [-0.3, -0.25) is 9.36 Å². The molecule has 0 fully saturated rings. The van der Waals surface area contributed by atoms with Gasteiger partial charge in [-0.15, -0.1) is 16.8 Å². The van der Waals surface area contributed by atoms with Crippen LogP contribution in [0, 0.1) is 6.92 Å². The number of hydrogen-bond donors (Lipinski definition) is 1. The van der Waals surface area contributed by atoms with E-state index in [1.54, 1.807) is 43.3 Å². The Hall–Kier alpha value is -3.30. The van der Waals surface area contributed by atoms with Gasteiger partial charge in [0.1, 0.15) is 5.75 Å². The number of anilines is 1. The standard InChI is InChI=1S/C25H27ClN4O4S/c1-5-13-30-23(17(4)34-21-14-16(3)7-12-20(21)26)28-29-25(30)35-15-22(31)27-19-10-8-18(9-11-19)24(32)33-6-2/h5,7-12,14,17H,1,6,13,15H2,2-4H3,(H,27,31). The zero-order chi connectivity index (χ0) is 25.4. The maximum atomic E-state index is 12.5. The van der Waals surface area contributed by atoms with Gasteiger partial charge in [0.15, 0.2) is 17.1 Å². The molecular formula is C25H27ClN4O4S. The van der Waals surface area contributed by atoms with E-state index in [0.717, 1.165) is 5.56 Å². The second-order valence-electron chi connectivity index (χ2n) is 7.57. The number of aryl methyl sites for hydroxylation is 1. The number of nitrogens with one attached hydrogen (secondary N) is 1. The minimum atomic E-state index is -0.428. The number of benzene rings is 2. The first-order valence-electron chi connectivity index (χ1n) is 11.0. The van der Waals surface area contributed by atoms with E-state index in [2.05, 4.69) is 22.1 Å². The van der Waals surface area contributed by atoms with E-state index in [-0.39, 0.29) is 11.7 Å². The van der Waals surface area contributed by atoms with E-state index >= 15 is 0 Å². The smallest absolute Gasteiger partial charge is 0.338 e. The van der Waals surface area contributed by atoms with Crippen LogP contribution in [0.5, 0.6) is 5.75 Å². The van der Waals surface area contributed by atoms with Crippen LogP contribution in [0.4, 0.5) is 5.69 Å². The summed E-state index contributed by atoms with van der Waals surface area (Å²) < 4.78 is 12.9. The third-order valence-electron chi connectivity index (χ3n) is 4.82. The maximum absolute atomic E-state index is 12.5. The van der Waals surface area contributed by atoms with Gasteiger partial charge in [-0.1, -0.05) is 35.5 Å². The number of carbonyl (C=O) groups excluding carboxylic acids is 2. The lowest BCUT2D eigenvalue weighted by molar-refractivity contribution is -0.113. The summed E-state index contributed by atoms with van der Waals surface area (Å²) in [4.78, 5) is 24.2. The van der Waals surface area contributed by atoms with Crippen LogP contribution in [0.1, 0.15) is 41.7 Å². The number of rotatable bonds is 11. The van der Waals surface area contributed by atoms with Crippen LogP contribution < -0.4 is 10.1 Å². The minimum Gasteiger partial charge on any atom is -0.481 e. The average molecular weight is 515 g/mol. The van der Waals surface area contributed by atoms with E-state index < -0.39 is 12.1 Å². The van der Waals surface area contributed by atoms with Crippen LogP contribution in [0.25, 0.3) is 0 Å². The fourth-order valence-corrected chi connectivity index (χ4v) is 4.10. The minimum absolute atomic E-state index is 0.119. The van der Waals surface area contributed by atoms with Crippen molar-refractivity contribution < 1.29 is 19.1 Å². The third kappa shape index (κ3) is 7.10. The Morgan fingerprint density at radius 3 is 2.66 bits per heavy atom. The molecule has 0 aliphatic heterocycles. The first kappa shape index (κ1) is 26.3. The number of amides is 1. The van der Waals surface area contributed by atoms with Crippen LogP contribution in [-0.4, -0.2) is 39.0 Å². The maximum Gasteiger partial charge on any atom is 0.338 e. The third-order valence-corrected chi connectivity index (χ3v) is 6.10. The van der Waals surface area contributed by atoms with Crippen LogP contribution in [0.3, 0.4) is 0 Å². The summed E-state index contributed by atoms with van der Waals surface area (Å²) in [5.74, 6) is 0.661. The lowest BCUT2D eigenvalue weighted by Crippen LogP contribution is -2.16. The fraction of sp³-hybridized carbons (Fsp3) is 0.280.